The largest absolute Gasteiger partial charge is 0.497 e. The van der Waals surface area contributed by atoms with Crippen LogP contribution in [0.1, 0.15) is 36.9 Å². The third kappa shape index (κ3) is 5.98. The zero-order valence-corrected chi connectivity index (χ0v) is 20.7. The zero-order chi connectivity index (χ0) is 24.0. The van der Waals surface area contributed by atoms with Crippen LogP contribution in [0.15, 0.2) is 41.6 Å². The van der Waals surface area contributed by atoms with Crippen molar-refractivity contribution < 1.29 is 19.0 Å². The van der Waals surface area contributed by atoms with Crippen molar-refractivity contribution in [3.8, 4) is 17.2 Å². The van der Waals surface area contributed by atoms with Gasteiger partial charge in [0.25, 0.3) is 0 Å². The Morgan fingerprint density at radius 1 is 1.09 bits per heavy atom. The van der Waals surface area contributed by atoms with Crippen LogP contribution in [0.2, 0.25) is 0 Å². The average molecular weight is 471 g/mol. The van der Waals surface area contributed by atoms with E-state index in [-0.39, 0.29) is 17.8 Å². The number of methoxy groups -OCH3 is 2. The number of aromatic nitrogens is 3. The van der Waals surface area contributed by atoms with Gasteiger partial charge in [-0.25, -0.2) is 0 Å². The van der Waals surface area contributed by atoms with E-state index in [1.165, 1.54) is 17.3 Å². The molecule has 176 valence electrons. The summed E-state index contributed by atoms with van der Waals surface area (Å²) in [6, 6.07) is 11.3. The number of amides is 1. The van der Waals surface area contributed by atoms with Gasteiger partial charge in [-0.3, -0.25) is 4.79 Å². The van der Waals surface area contributed by atoms with Crippen molar-refractivity contribution in [3.05, 3.63) is 53.3 Å². The van der Waals surface area contributed by atoms with E-state index < -0.39 is 0 Å². The molecule has 3 rings (SSSR count). The van der Waals surface area contributed by atoms with Crippen molar-refractivity contribution in [2.75, 3.05) is 25.3 Å². The molecule has 1 atom stereocenters. The van der Waals surface area contributed by atoms with Crippen molar-refractivity contribution in [1.82, 2.24) is 14.8 Å². The maximum absolute atomic E-state index is 12.6. The molecular formula is C24H30N4O4S. The Hall–Kier alpha value is -3.20. The first-order valence-electron chi connectivity index (χ1n) is 10.7. The van der Waals surface area contributed by atoms with Gasteiger partial charge in [-0.15, -0.1) is 10.2 Å². The lowest BCUT2D eigenvalue weighted by Crippen LogP contribution is -2.16. The standard InChI is InChI=1S/C24H30N4O4S/c1-7-28-23(17(4)32-20-11-8-15(2)12-16(20)3)26-27-24(28)33-14-22(29)25-19-10-9-18(30-5)13-21(19)31-6/h8-13,17H,7,14H2,1-6H3,(H,25,29). The molecule has 8 nitrogen and oxygen atoms in total. The summed E-state index contributed by atoms with van der Waals surface area (Å²) in [6.07, 6.45) is -0.286. The molecule has 0 saturated carbocycles. The summed E-state index contributed by atoms with van der Waals surface area (Å²) in [7, 11) is 3.13. The van der Waals surface area contributed by atoms with E-state index in [2.05, 4.69) is 28.5 Å². The predicted molar refractivity (Wildman–Crippen MR) is 130 cm³/mol. The van der Waals surface area contributed by atoms with Crippen molar-refractivity contribution in [3.63, 3.8) is 0 Å². The molecule has 0 bridgehead atoms. The van der Waals surface area contributed by atoms with Crippen LogP contribution in [0.25, 0.3) is 0 Å². The Labute approximate surface area is 198 Å². The lowest BCUT2D eigenvalue weighted by Gasteiger charge is -2.17. The summed E-state index contributed by atoms with van der Waals surface area (Å²) >= 11 is 1.33. The zero-order valence-electron chi connectivity index (χ0n) is 19.8. The normalized spacial score (nSPS) is 11.7. The average Bonchev–Trinajstić information content (AvgIpc) is 3.22. The highest BCUT2D eigenvalue weighted by Crippen LogP contribution is 2.30. The molecule has 1 N–H and O–H groups in total. The highest BCUT2D eigenvalue weighted by atomic mass is 32.2. The molecule has 1 heterocycles. The Morgan fingerprint density at radius 2 is 1.88 bits per heavy atom. The Morgan fingerprint density at radius 3 is 2.55 bits per heavy atom. The van der Waals surface area contributed by atoms with Crippen LogP contribution >= 0.6 is 11.8 Å². The van der Waals surface area contributed by atoms with Crippen LogP contribution in [-0.2, 0) is 11.3 Å². The number of aryl methyl sites for hydroxylation is 2. The molecule has 0 spiro atoms. The third-order valence-electron chi connectivity index (χ3n) is 5.07. The molecule has 1 amide bonds. The monoisotopic (exact) mass is 470 g/mol. The van der Waals surface area contributed by atoms with Gasteiger partial charge >= 0.3 is 0 Å². The minimum atomic E-state index is -0.286. The number of carbonyl (C=O) groups excluding carboxylic acids is 1. The number of thioether (sulfide) groups is 1. The van der Waals surface area contributed by atoms with Gasteiger partial charge < -0.3 is 24.1 Å². The molecule has 0 aliphatic rings. The van der Waals surface area contributed by atoms with Gasteiger partial charge in [-0.1, -0.05) is 29.5 Å². The molecule has 33 heavy (non-hydrogen) atoms. The number of anilines is 1. The van der Waals surface area contributed by atoms with Crippen LogP contribution < -0.4 is 19.5 Å². The van der Waals surface area contributed by atoms with E-state index in [1.807, 2.05) is 37.5 Å². The van der Waals surface area contributed by atoms with Crippen LogP contribution in [0.4, 0.5) is 5.69 Å². The van der Waals surface area contributed by atoms with Crippen LogP contribution in [0.5, 0.6) is 17.2 Å². The number of carbonyl (C=O) groups is 1. The van der Waals surface area contributed by atoms with Crippen LogP contribution in [0, 0.1) is 13.8 Å². The van der Waals surface area contributed by atoms with E-state index in [0.29, 0.717) is 28.9 Å². The smallest absolute Gasteiger partial charge is 0.234 e. The Kier molecular flexibility index (Phi) is 8.21. The van der Waals surface area contributed by atoms with Crippen LogP contribution in [0.3, 0.4) is 0 Å². The highest BCUT2D eigenvalue weighted by Gasteiger charge is 2.20. The fourth-order valence-corrected chi connectivity index (χ4v) is 4.21. The number of hydrogen-bond acceptors (Lipinski definition) is 7. The number of nitrogens with one attached hydrogen (secondary N) is 1. The molecule has 1 unspecified atom stereocenters. The molecule has 2 aromatic carbocycles. The molecule has 3 aromatic rings. The van der Waals surface area contributed by atoms with E-state index in [1.54, 1.807) is 32.4 Å². The number of rotatable bonds is 10. The van der Waals surface area contributed by atoms with Gasteiger partial charge in [0, 0.05) is 12.6 Å². The first kappa shape index (κ1) is 24.4. The first-order valence-corrected chi connectivity index (χ1v) is 11.7. The molecule has 0 saturated heterocycles. The topological polar surface area (TPSA) is 87.5 Å². The number of hydrogen-bond donors (Lipinski definition) is 1. The SMILES string of the molecule is CCn1c(SCC(=O)Nc2ccc(OC)cc2OC)nnc1C(C)Oc1ccc(C)cc1C. The van der Waals surface area contributed by atoms with Crippen molar-refractivity contribution >= 4 is 23.4 Å². The van der Waals surface area contributed by atoms with Gasteiger partial charge in [-0.2, -0.15) is 0 Å². The van der Waals surface area contributed by atoms with E-state index in [4.69, 9.17) is 14.2 Å². The minimum absolute atomic E-state index is 0.171. The summed E-state index contributed by atoms with van der Waals surface area (Å²) in [5, 5.41) is 12.2. The molecule has 0 aliphatic heterocycles. The van der Waals surface area contributed by atoms with Crippen LogP contribution in [-0.4, -0.2) is 40.6 Å². The van der Waals surface area contributed by atoms with Gasteiger partial charge in [0.1, 0.15) is 17.2 Å². The number of nitrogens with zero attached hydrogens (tertiary/aromatic N) is 3. The second-order valence-corrected chi connectivity index (χ2v) is 8.46. The van der Waals surface area contributed by atoms with Crippen molar-refractivity contribution in [2.45, 2.75) is 45.5 Å². The number of benzene rings is 2. The molecule has 0 radical (unpaired) electrons. The van der Waals surface area contributed by atoms with Gasteiger partial charge in [0.05, 0.1) is 25.7 Å². The second-order valence-electron chi connectivity index (χ2n) is 7.52. The molecule has 0 fully saturated rings. The molecule has 9 heteroatoms. The van der Waals surface area contributed by atoms with E-state index in [0.717, 1.165) is 17.1 Å². The summed E-state index contributed by atoms with van der Waals surface area (Å²) in [4.78, 5) is 12.6. The highest BCUT2D eigenvalue weighted by molar-refractivity contribution is 7.99. The third-order valence-corrected chi connectivity index (χ3v) is 6.04. The fourth-order valence-electron chi connectivity index (χ4n) is 3.40. The maximum Gasteiger partial charge on any atom is 0.234 e. The summed E-state index contributed by atoms with van der Waals surface area (Å²) in [5.74, 6) is 2.73. The van der Waals surface area contributed by atoms with Crippen molar-refractivity contribution in [2.24, 2.45) is 0 Å². The lowest BCUT2D eigenvalue weighted by molar-refractivity contribution is -0.113. The fraction of sp³-hybridized carbons (Fsp3) is 0.375. The quantitative estimate of drug-likeness (QED) is 0.426. The van der Waals surface area contributed by atoms with Gasteiger partial charge in [-0.05, 0) is 51.5 Å². The minimum Gasteiger partial charge on any atom is -0.497 e. The second kappa shape index (κ2) is 11.1. The molecule has 1 aromatic heterocycles. The van der Waals surface area contributed by atoms with Gasteiger partial charge in [0.2, 0.25) is 5.91 Å². The summed E-state index contributed by atoms with van der Waals surface area (Å²) in [5.41, 5.74) is 2.84. The molecule has 0 aliphatic carbocycles. The van der Waals surface area contributed by atoms with Crippen molar-refractivity contribution in [1.29, 1.82) is 0 Å². The summed E-state index contributed by atoms with van der Waals surface area (Å²) < 4.78 is 18.7. The molecular weight excluding hydrogens is 440 g/mol. The Bertz CT molecular complexity index is 1120. The summed E-state index contributed by atoms with van der Waals surface area (Å²) in [6.45, 7) is 8.71. The maximum atomic E-state index is 12.6. The lowest BCUT2D eigenvalue weighted by atomic mass is 10.1. The number of ether oxygens (including phenoxy) is 3. The Balaban J connectivity index is 1.66. The van der Waals surface area contributed by atoms with Gasteiger partial charge in [0.15, 0.2) is 17.1 Å². The van der Waals surface area contributed by atoms with E-state index in [9.17, 15) is 4.79 Å². The first-order chi connectivity index (χ1) is 15.9. The predicted octanol–water partition coefficient (Wildman–Crippen LogP) is 4.80. The van der Waals surface area contributed by atoms with E-state index >= 15 is 0 Å².